The molecular formula is C20H14O3. The van der Waals surface area contributed by atoms with E-state index in [1.54, 1.807) is 12.2 Å². The Kier molecular flexibility index (Phi) is 4.29. The van der Waals surface area contributed by atoms with Crippen molar-refractivity contribution in [3.05, 3.63) is 95.8 Å². The molecule has 0 unspecified atom stereocenters. The van der Waals surface area contributed by atoms with Gasteiger partial charge in [-0.2, -0.15) is 0 Å². The van der Waals surface area contributed by atoms with Crippen molar-refractivity contribution < 1.29 is 14.3 Å². The van der Waals surface area contributed by atoms with Crippen molar-refractivity contribution in [2.45, 2.75) is 0 Å². The van der Waals surface area contributed by atoms with E-state index in [4.69, 9.17) is 4.74 Å². The second-order valence-corrected chi connectivity index (χ2v) is 5.01. The summed E-state index contributed by atoms with van der Waals surface area (Å²) in [5.74, 6) is -0.416. The minimum atomic E-state index is -0.442. The van der Waals surface area contributed by atoms with Gasteiger partial charge in [0.2, 0.25) is 0 Å². The summed E-state index contributed by atoms with van der Waals surface area (Å²) in [5.41, 5.74) is 2.16. The molecule has 1 aliphatic heterocycles. The summed E-state index contributed by atoms with van der Waals surface area (Å²) in [4.78, 5) is 23.8. The van der Waals surface area contributed by atoms with Gasteiger partial charge < -0.3 is 4.74 Å². The first kappa shape index (κ1) is 14.7. The number of carbonyl (C=O) groups is 2. The Morgan fingerprint density at radius 1 is 0.913 bits per heavy atom. The van der Waals surface area contributed by atoms with Gasteiger partial charge in [0.25, 0.3) is 0 Å². The van der Waals surface area contributed by atoms with Crippen LogP contribution in [0.25, 0.3) is 11.6 Å². The van der Waals surface area contributed by atoms with E-state index in [0.717, 1.165) is 11.1 Å². The molecule has 0 saturated carbocycles. The first-order valence-electron chi connectivity index (χ1n) is 7.20. The molecule has 0 fully saturated rings. The molecule has 0 amide bonds. The normalized spacial score (nSPS) is 15.7. The molecule has 23 heavy (non-hydrogen) atoms. The second kappa shape index (κ2) is 6.71. The molecule has 1 heterocycles. The number of allylic oxidation sites excluding steroid dienone is 3. The molecule has 2 aromatic rings. The number of benzene rings is 2. The Morgan fingerprint density at radius 3 is 2.26 bits per heavy atom. The quantitative estimate of drug-likeness (QED) is 0.637. The summed E-state index contributed by atoms with van der Waals surface area (Å²) < 4.78 is 5.13. The van der Waals surface area contributed by atoms with Crippen LogP contribution in [0.1, 0.15) is 11.1 Å². The molecule has 0 spiro atoms. The number of hydrogen-bond donors (Lipinski definition) is 0. The van der Waals surface area contributed by atoms with E-state index in [2.05, 4.69) is 0 Å². The Bertz CT molecular complexity index is 812. The van der Waals surface area contributed by atoms with Crippen LogP contribution in [0.3, 0.4) is 0 Å². The largest absolute Gasteiger partial charge is 0.423 e. The first-order chi connectivity index (χ1) is 11.2. The molecular weight excluding hydrogens is 288 g/mol. The molecule has 3 rings (SSSR count). The summed E-state index contributed by atoms with van der Waals surface area (Å²) >= 11 is 0. The predicted molar refractivity (Wildman–Crippen MR) is 89.1 cm³/mol. The number of cyclic esters (lactones) is 1. The van der Waals surface area contributed by atoms with Crippen molar-refractivity contribution in [2.75, 3.05) is 0 Å². The fourth-order valence-electron chi connectivity index (χ4n) is 2.21. The molecule has 0 radical (unpaired) electrons. The summed E-state index contributed by atoms with van der Waals surface area (Å²) in [6, 6.07) is 18.7. The van der Waals surface area contributed by atoms with Crippen molar-refractivity contribution in [2.24, 2.45) is 0 Å². The van der Waals surface area contributed by atoms with Gasteiger partial charge in [0, 0.05) is 6.08 Å². The topological polar surface area (TPSA) is 43.4 Å². The molecule has 0 N–H and O–H groups in total. The lowest BCUT2D eigenvalue weighted by Crippen LogP contribution is -1.98. The van der Waals surface area contributed by atoms with Crippen LogP contribution in [0.4, 0.5) is 0 Å². The van der Waals surface area contributed by atoms with Gasteiger partial charge in [-0.05, 0) is 23.3 Å². The number of rotatable bonds is 4. The summed E-state index contributed by atoms with van der Waals surface area (Å²) in [5, 5.41) is 0. The van der Waals surface area contributed by atoms with E-state index in [1.165, 1.54) is 12.2 Å². The highest BCUT2D eigenvalue weighted by Gasteiger charge is 2.22. The highest BCUT2D eigenvalue weighted by Crippen LogP contribution is 2.25. The summed E-state index contributed by atoms with van der Waals surface area (Å²) in [7, 11) is 0. The smallest absolute Gasteiger partial charge is 0.344 e. The van der Waals surface area contributed by atoms with Crippen molar-refractivity contribution in [1.82, 2.24) is 0 Å². The van der Waals surface area contributed by atoms with Gasteiger partial charge >= 0.3 is 5.97 Å². The highest BCUT2D eigenvalue weighted by atomic mass is 16.5. The van der Waals surface area contributed by atoms with Crippen molar-refractivity contribution >= 4 is 23.4 Å². The van der Waals surface area contributed by atoms with Crippen LogP contribution in [-0.4, -0.2) is 11.8 Å². The molecule has 0 aromatic heterocycles. The standard InChI is InChI=1S/C20H14O3/c21-17(12-11-15-7-3-1-4-8-15)13-18-14-19(20(22)23-18)16-9-5-2-6-10-16/h1-14H/b12-11+,18-13+. The number of ether oxygens (including phenoxy) is 1. The van der Waals surface area contributed by atoms with E-state index < -0.39 is 5.97 Å². The minimum absolute atomic E-state index is 0.234. The summed E-state index contributed by atoms with van der Waals surface area (Å²) in [6.45, 7) is 0. The average Bonchev–Trinajstić information content (AvgIpc) is 2.95. The SMILES string of the molecule is O=C(/C=C/c1ccccc1)/C=C1\C=C(c2ccccc2)C(=O)O1. The molecule has 3 heteroatoms. The lowest BCUT2D eigenvalue weighted by Gasteiger charge is -1.97. The highest BCUT2D eigenvalue weighted by molar-refractivity contribution is 6.20. The van der Waals surface area contributed by atoms with E-state index >= 15 is 0 Å². The Labute approximate surface area is 134 Å². The molecule has 1 aliphatic rings. The maximum atomic E-state index is 11.9. The lowest BCUT2D eigenvalue weighted by molar-refractivity contribution is -0.131. The zero-order chi connectivity index (χ0) is 16.1. The van der Waals surface area contributed by atoms with Crippen LogP contribution < -0.4 is 0 Å². The molecule has 112 valence electrons. The zero-order valence-electron chi connectivity index (χ0n) is 12.3. The van der Waals surface area contributed by atoms with E-state index in [9.17, 15) is 9.59 Å². The van der Waals surface area contributed by atoms with Gasteiger partial charge in [0.05, 0.1) is 5.57 Å². The lowest BCUT2D eigenvalue weighted by atomic mass is 10.1. The van der Waals surface area contributed by atoms with E-state index in [1.807, 2.05) is 60.7 Å². The Morgan fingerprint density at radius 2 is 1.57 bits per heavy atom. The zero-order valence-corrected chi connectivity index (χ0v) is 12.3. The number of hydrogen-bond acceptors (Lipinski definition) is 3. The number of ketones is 1. The van der Waals surface area contributed by atoms with E-state index in [0.29, 0.717) is 5.57 Å². The average molecular weight is 302 g/mol. The van der Waals surface area contributed by atoms with Crippen molar-refractivity contribution in [3.8, 4) is 0 Å². The molecule has 0 saturated heterocycles. The number of carbonyl (C=O) groups excluding carboxylic acids is 2. The third kappa shape index (κ3) is 3.71. The number of esters is 1. The maximum Gasteiger partial charge on any atom is 0.344 e. The predicted octanol–water partition coefficient (Wildman–Crippen LogP) is 3.79. The molecule has 2 aromatic carbocycles. The molecule has 0 atom stereocenters. The Hall–Kier alpha value is -3.20. The van der Waals surface area contributed by atoms with Gasteiger partial charge in [-0.3, -0.25) is 4.79 Å². The van der Waals surface area contributed by atoms with Gasteiger partial charge in [0.15, 0.2) is 5.78 Å². The fraction of sp³-hybridized carbons (Fsp3) is 0. The van der Waals surface area contributed by atoms with Crippen LogP contribution in [0.15, 0.2) is 84.7 Å². The molecule has 3 nitrogen and oxygen atoms in total. The Balaban J connectivity index is 1.76. The van der Waals surface area contributed by atoms with Crippen LogP contribution in [0.2, 0.25) is 0 Å². The molecule has 0 aliphatic carbocycles. The first-order valence-corrected chi connectivity index (χ1v) is 7.20. The van der Waals surface area contributed by atoms with Crippen LogP contribution >= 0.6 is 0 Å². The van der Waals surface area contributed by atoms with Crippen LogP contribution in [0, 0.1) is 0 Å². The van der Waals surface area contributed by atoms with Crippen molar-refractivity contribution in [3.63, 3.8) is 0 Å². The van der Waals surface area contributed by atoms with Gasteiger partial charge in [-0.15, -0.1) is 0 Å². The minimum Gasteiger partial charge on any atom is -0.423 e. The third-order valence-electron chi connectivity index (χ3n) is 3.33. The van der Waals surface area contributed by atoms with Crippen LogP contribution in [-0.2, 0) is 14.3 Å². The van der Waals surface area contributed by atoms with Crippen LogP contribution in [0.5, 0.6) is 0 Å². The summed E-state index contributed by atoms with van der Waals surface area (Å²) in [6.07, 6.45) is 6.07. The van der Waals surface area contributed by atoms with Gasteiger partial charge in [-0.25, -0.2) is 4.79 Å². The van der Waals surface area contributed by atoms with Gasteiger partial charge in [0.1, 0.15) is 5.76 Å². The monoisotopic (exact) mass is 302 g/mol. The second-order valence-electron chi connectivity index (χ2n) is 5.01. The molecule has 0 bridgehead atoms. The van der Waals surface area contributed by atoms with Crippen molar-refractivity contribution in [1.29, 1.82) is 0 Å². The maximum absolute atomic E-state index is 11.9. The third-order valence-corrected chi connectivity index (χ3v) is 3.33. The fourth-order valence-corrected chi connectivity index (χ4v) is 2.21. The van der Waals surface area contributed by atoms with E-state index in [-0.39, 0.29) is 11.5 Å². The van der Waals surface area contributed by atoms with Gasteiger partial charge in [-0.1, -0.05) is 66.7 Å².